The Labute approximate surface area is 127 Å². The van der Waals surface area contributed by atoms with Gasteiger partial charge in [0.2, 0.25) is 0 Å². The highest BCUT2D eigenvalue weighted by Crippen LogP contribution is 2.25. The molecule has 0 fully saturated rings. The molecule has 2 aromatic carbocycles. The Kier molecular flexibility index (Phi) is 3.86. The number of benzene rings is 2. The lowest BCUT2D eigenvalue weighted by atomic mass is 9.97. The van der Waals surface area contributed by atoms with Crippen LogP contribution in [0.2, 0.25) is 5.02 Å². The lowest BCUT2D eigenvalue weighted by Crippen LogP contribution is -2.14. The molecule has 0 aliphatic rings. The molecule has 0 spiro atoms. The highest BCUT2D eigenvalue weighted by molar-refractivity contribution is 6.30. The van der Waals surface area contributed by atoms with E-state index in [1.807, 2.05) is 30.3 Å². The van der Waals surface area contributed by atoms with Gasteiger partial charge in [0.25, 0.3) is 0 Å². The van der Waals surface area contributed by atoms with Crippen LogP contribution in [-0.4, -0.2) is 4.98 Å². The number of para-hydroxylation sites is 1. The van der Waals surface area contributed by atoms with Crippen molar-refractivity contribution in [1.29, 1.82) is 0 Å². The van der Waals surface area contributed by atoms with Crippen LogP contribution in [0.15, 0.2) is 54.7 Å². The summed E-state index contributed by atoms with van der Waals surface area (Å²) >= 11 is 5.70. The summed E-state index contributed by atoms with van der Waals surface area (Å²) < 4.78 is 13.5. The van der Waals surface area contributed by atoms with E-state index in [0.717, 1.165) is 22.0 Å². The molecule has 0 saturated carbocycles. The van der Waals surface area contributed by atoms with Crippen LogP contribution < -0.4 is 5.73 Å². The largest absolute Gasteiger partial charge is 0.324 e. The van der Waals surface area contributed by atoms with Gasteiger partial charge in [-0.25, -0.2) is 4.39 Å². The van der Waals surface area contributed by atoms with E-state index < -0.39 is 5.82 Å². The number of fused-ring (bicyclic) bond motifs is 1. The molecule has 1 heterocycles. The molecule has 0 aliphatic carbocycles. The van der Waals surface area contributed by atoms with Gasteiger partial charge >= 0.3 is 0 Å². The van der Waals surface area contributed by atoms with Gasteiger partial charge in [-0.1, -0.05) is 41.9 Å². The van der Waals surface area contributed by atoms with Crippen LogP contribution in [-0.2, 0) is 6.42 Å². The molecule has 4 heteroatoms. The minimum Gasteiger partial charge on any atom is -0.324 e. The maximum Gasteiger partial charge on any atom is 0.142 e. The van der Waals surface area contributed by atoms with Crippen molar-refractivity contribution in [3.63, 3.8) is 0 Å². The van der Waals surface area contributed by atoms with Crippen LogP contribution in [0.5, 0.6) is 0 Å². The lowest BCUT2D eigenvalue weighted by Gasteiger charge is -2.14. The smallest absolute Gasteiger partial charge is 0.142 e. The molecule has 0 aliphatic heterocycles. The first kappa shape index (κ1) is 14.0. The predicted molar refractivity (Wildman–Crippen MR) is 83.8 cm³/mol. The van der Waals surface area contributed by atoms with Gasteiger partial charge in [-0.15, -0.1) is 0 Å². The number of pyridine rings is 1. The molecule has 2 N–H and O–H groups in total. The number of aromatic nitrogens is 1. The second kappa shape index (κ2) is 5.80. The molecular weight excluding hydrogens is 287 g/mol. The normalized spacial score (nSPS) is 12.5. The molecule has 0 bridgehead atoms. The second-order valence-corrected chi connectivity index (χ2v) is 5.39. The molecule has 0 saturated heterocycles. The molecular formula is C17H14ClFN2. The Balaban J connectivity index is 1.93. The Hall–Kier alpha value is -1.97. The zero-order chi connectivity index (χ0) is 14.8. The van der Waals surface area contributed by atoms with Crippen LogP contribution in [0.3, 0.4) is 0 Å². The number of nitrogens with two attached hydrogens (primary N) is 1. The van der Waals surface area contributed by atoms with Crippen molar-refractivity contribution >= 4 is 22.5 Å². The van der Waals surface area contributed by atoms with E-state index in [1.54, 1.807) is 18.3 Å². The fourth-order valence-corrected chi connectivity index (χ4v) is 2.58. The zero-order valence-corrected chi connectivity index (χ0v) is 12.0. The maximum absolute atomic E-state index is 13.5. The van der Waals surface area contributed by atoms with E-state index in [9.17, 15) is 4.39 Å². The first-order chi connectivity index (χ1) is 10.1. The topological polar surface area (TPSA) is 38.9 Å². The Morgan fingerprint density at radius 1 is 1.14 bits per heavy atom. The minimum atomic E-state index is -0.419. The first-order valence-corrected chi connectivity index (χ1v) is 7.06. The highest BCUT2D eigenvalue weighted by Gasteiger charge is 2.12. The van der Waals surface area contributed by atoms with Gasteiger partial charge in [0.05, 0.1) is 10.5 Å². The van der Waals surface area contributed by atoms with Crippen molar-refractivity contribution in [3.05, 3.63) is 76.7 Å². The average molecular weight is 301 g/mol. The van der Waals surface area contributed by atoms with Gasteiger partial charge in [-0.05, 0) is 35.7 Å². The fraction of sp³-hybridized carbons (Fsp3) is 0.118. The van der Waals surface area contributed by atoms with E-state index in [2.05, 4.69) is 4.98 Å². The molecule has 3 aromatic rings. The van der Waals surface area contributed by atoms with Gasteiger partial charge < -0.3 is 5.73 Å². The summed E-state index contributed by atoms with van der Waals surface area (Å²) in [5.74, 6) is -0.419. The summed E-state index contributed by atoms with van der Waals surface area (Å²) in [5, 5.41) is 1.17. The number of hydrogen-bond acceptors (Lipinski definition) is 2. The quantitative estimate of drug-likeness (QED) is 0.784. The fourth-order valence-electron chi connectivity index (χ4n) is 2.46. The monoisotopic (exact) mass is 300 g/mol. The predicted octanol–water partition coefficient (Wildman–Crippen LogP) is 4.27. The molecule has 1 atom stereocenters. The van der Waals surface area contributed by atoms with Crippen LogP contribution in [0.4, 0.5) is 4.39 Å². The number of rotatable bonds is 3. The summed E-state index contributed by atoms with van der Waals surface area (Å²) in [4.78, 5) is 4.40. The number of nitrogens with zero attached hydrogens (tertiary/aromatic N) is 1. The Bertz CT molecular complexity index is 783. The molecule has 1 unspecified atom stereocenters. The third kappa shape index (κ3) is 2.89. The maximum atomic E-state index is 13.5. The lowest BCUT2D eigenvalue weighted by molar-refractivity contribution is 0.622. The van der Waals surface area contributed by atoms with E-state index in [1.165, 1.54) is 6.07 Å². The van der Waals surface area contributed by atoms with Crippen LogP contribution in [0, 0.1) is 5.82 Å². The molecule has 0 radical (unpaired) electrons. The standard InChI is InChI=1S/C17H14ClFN2/c18-14-7-6-11(9-15(14)19)10-16(20)13-5-1-3-12-4-2-8-21-17(12)13/h1-9,16H,10,20H2. The van der Waals surface area contributed by atoms with Crippen LogP contribution in [0.25, 0.3) is 10.9 Å². The Morgan fingerprint density at radius 3 is 2.76 bits per heavy atom. The summed E-state index contributed by atoms with van der Waals surface area (Å²) in [6.45, 7) is 0. The van der Waals surface area contributed by atoms with Gasteiger partial charge in [0.15, 0.2) is 0 Å². The van der Waals surface area contributed by atoms with Crippen LogP contribution in [0.1, 0.15) is 17.2 Å². The van der Waals surface area contributed by atoms with E-state index in [0.29, 0.717) is 6.42 Å². The summed E-state index contributed by atoms with van der Waals surface area (Å²) in [6.07, 6.45) is 2.28. The summed E-state index contributed by atoms with van der Waals surface area (Å²) in [5.41, 5.74) is 8.95. The van der Waals surface area contributed by atoms with Crippen LogP contribution >= 0.6 is 11.6 Å². The minimum absolute atomic E-state index is 0.124. The SMILES string of the molecule is NC(Cc1ccc(Cl)c(F)c1)c1cccc2cccnc12. The van der Waals surface area contributed by atoms with Gasteiger partial charge in [0.1, 0.15) is 5.82 Å². The molecule has 3 rings (SSSR count). The molecule has 1 aromatic heterocycles. The molecule has 0 amide bonds. The molecule has 106 valence electrons. The first-order valence-electron chi connectivity index (χ1n) is 6.68. The second-order valence-electron chi connectivity index (χ2n) is 4.98. The van der Waals surface area contributed by atoms with Gasteiger partial charge in [-0.2, -0.15) is 0 Å². The third-order valence-corrected chi connectivity index (χ3v) is 3.81. The van der Waals surface area contributed by atoms with E-state index in [4.69, 9.17) is 17.3 Å². The highest BCUT2D eigenvalue weighted by atomic mass is 35.5. The van der Waals surface area contributed by atoms with E-state index in [-0.39, 0.29) is 11.1 Å². The number of halogens is 2. The van der Waals surface area contributed by atoms with Crippen molar-refractivity contribution in [2.24, 2.45) is 5.73 Å². The summed E-state index contributed by atoms with van der Waals surface area (Å²) in [7, 11) is 0. The Morgan fingerprint density at radius 2 is 1.95 bits per heavy atom. The third-order valence-electron chi connectivity index (χ3n) is 3.50. The number of hydrogen-bond donors (Lipinski definition) is 1. The van der Waals surface area contributed by atoms with Gasteiger partial charge in [0, 0.05) is 17.6 Å². The molecule has 21 heavy (non-hydrogen) atoms. The van der Waals surface area contributed by atoms with Gasteiger partial charge in [-0.3, -0.25) is 4.98 Å². The average Bonchev–Trinajstić information content (AvgIpc) is 2.50. The van der Waals surface area contributed by atoms with Crippen molar-refractivity contribution in [2.75, 3.05) is 0 Å². The zero-order valence-electron chi connectivity index (χ0n) is 11.3. The van der Waals surface area contributed by atoms with Crippen molar-refractivity contribution in [2.45, 2.75) is 12.5 Å². The van der Waals surface area contributed by atoms with E-state index >= 15 is 0 Å². The van der Waals surface area contributed by atoms with Crippen molar-refractivity contribution < 1.29 is 4.39 Å². The van der Waals surface area contributed by atoms with Crippen molar-refractivity contribution in [1.82, 2.24) is 4.98 Å². The van der Waals surface area contributed by atoms with Crippen molar-refractivity contribution in [3.8, 4) is 0 Å². The summed E-state index contributed by atoms with van der Waals surface area (Å²) in [6, 6.07) is 14.4. The molecule has 2 nitrogen and oxygen atoms in total.